The van der Waals surface area contributed by atoms with E-state index in [-0.39, 0.29) is 5.91 Å². The van der Waals surface area contributed by atoms with Crippen LogP contribution in [0.3, 0.4) is 0 Å². The Balaban J connectivity index is 1.57. The lowest BCUT2D eigenvalue weighted by atomic mass is 10.1. The molecular formula is C19H17BrN4O. The van der Waals surface area contributed by atoms with E-state index in [1.54, 1.807) is 24.3 Å². The maximum absolute atomic E-state index is 12.1. The number of anilines is 2. The Labute approximate surface area is 154 Å². The van der Waals surface area contributed by atoms with Crippen LogP contribution in [-0.2, 0) is 6.54 Å². The van der Waals surface area contributed by atoms with Gasteiger partial charge in [0.1, 0.15) is 5.82 Å². The van der Waals surface area contributed by atoms with E-state index < -0.39 is 0 Å². The van der Waals surface area contributed by atoms with E-state index in [0.29, 0.717) is 23.7 Å². The van der Waals surface area contributed by atoms with Gasteiger partial charge >= 0.3 is 0 Å². The van der Waals surface area contributed by atoms with Crippen molar-refractivity contribution >= 4 is 33.5 Å². The summed E-state index contributed by atoms with van der Waals surface area (Å²) >= 11 is 3.34. The second kappa shape index (κ2) is 7.90. The molecule has 0 saturated carbocycles. The first-order valence-corrected chi connectivity index (χ1v) is 8.59. The van der Waals surface area contributed by atoms with Gasteiger partial charge in [-0.15, -0.1) is 10.2 Å². The molecule has 0 bridgehead atoms. The first-order chi connectivity index (χ1) is 12.1. The highest BCUT2D eigenvalue weighted by Gasteiger charge is 2.07. The lowest BCUT2D eigenvalue weighted by Crippen LogP contribution is -2.13. The fourth-order valence-corrected chi connectivity index (χ4v) is 2.45. The average Bonchev–Trinajstić information content (AvgIpc) is 2.63. The van der Waals surface area contributed by atoms with Crippen LogP contribution < -0.4 is 10.6 Å². The van der Waals surface area contributed by atoms with Crippen LogP contribution >= 0.6 is 15.9 Å². The zero-order valence-corrected chi connectivity index (χ0v) is 15.2. The SMILES string of the molecule is Cc1ccc(CNc2ccc(NC(=O)c3ccc(Br)cc3)nn2)cc1. The molecule has 0 spiro atoms. The Morgan fingerprint density at radius 2 is 1.56 bits per heavy atom. The normalized spacial score (nSPS) is 10.3. The summed E-state index contributed by atoms with van der Waals surface area (Å²) in [6.45, 7) is 2.73. The molecule has 0 fully saturated rings. The van der Waals surface area contributed by atoms with Gasteiger partial charge in [0, 0.05) is 16.6 Å². The summed E-state index contributed by atoms with van der Waals surface area (Å²) in [5, 5.41) is 14.1. The van der Waals surface area contributed by atoms with Crippen molar-refractivity contribution in [1.29, 1.82) is 0 Å². The summed E-state index contributed by atoms with van der Waals surface area (Å²) in [7, 11) is 0. The minimum absolute atomic E-state index is 0.220. The molecule has 0 unspecified atom stereocenters. The fraction of sp³-hybridized carbons (Fsp3) is 0.105. The highest BCUT2D eigenvalue weighted by Crippen LogP contribution is 2.13. The zero-order chi connectivity index (χ0) is 17.6. The molecule has 0 aliphatic carbocycles. The first kappa shape index (κ1) is 17.1. The molecule has 126 valence electrons. The van der Waals surface area contributed by atoms with Crippen molar-refractivity contribution in [3.63, 3.8) is 0 Å². The van der Waals surface area contributed by atoms with E-state index in [9.17, 15) is 4.79 Å². The molecule has 0 radical (unpaired) electrons. The third-order valence-electron chi connectivity index (χ3n) is 3.61. The maximum Gasteiger partial charge on any atom is 0.256 e. The van der Waals surface area contributed by atoms with Crippen molar-refractivity contribution in [2.24, 2.45) is 0 Å². The summed E-state index contributed by atoms with van der Waals surface area (Å²) in [5.41, 5.74) is 2.96. The molecule has 1 amide bonds. The van der Waals surface area contributed by atoms with Crippen molar-refractivity contribution in [3.05, 3.63) is 81.8 Å². The highest BCUT2D eigenvalue weighted by atomic mass is 79.9. The number of benzene rings is 2. The van der Waals surface area contributed by atoms with Crippen LogP contribution in [0.25, 0.3) is 0 Å². The van der Waals surface area contributed by atoms with E-state index >= 15 is 0 Å². The first-order valence-electron chi connectivity index (χ1n) is 7.80. The smallest absolute Gasteiger partial charge is 0.256 e. The molecule has 3 aromatic rings. The monoisotopic (exact) mass is 396 g/mol. The van der Waals surface area contributed by atoms with Crippen molar-refractivity contribution in [3.8, 4) is 0 Å². The molecule has 2 N–H and O–H groups in total. The van der Waals surface area contributed by atoms with Gasteiger partial charge in [0.05, 0.1) is 0 Å². The lowest BCUT2D eigenvalue weighted by Gasteiger charge is -2.07. The van der Waals surface area contributed by atoms with Crippen LogP contribution in [0.4, 0.5) is 11.6 Å². The second-order valence-corrected chi connectivity index (χ2v) is 6.52. The number of aryl methyl sites for hydroxylation is 1. The summed E-state index contributed by atoms with van der Waals surface area (Å²) in [4.78, 5) is 12.1. The van der Waals surface area contributed by atoms with Gasteiger partial charge in [-0.3, -0.25) is 4.79 Å². The lowest BCUT2D eigenvalue weighted by molar-refractivity contribution is 0.102. The van der Waals surface area contributed by atoms with E-state index in [0.717, 1.165) is 4.47 Å². The number of carbonyl (C=O) groups excluding carboxylic acids is 1. The van der Waals surface area contributed by atoms with Crippen molar-refractivity contribution in [2.75, 3.05) is 10.6 Å². The molecule has 6 heteroatoms. The number of nitrogens with zero attached hydrogens (tertiary/aromatic N) is 2. The van der Waals surface area contributed by atoms with Crippen molar-refractivity contribution in [1.82, 2.24) is 10.2 Å². The van der Waals surface area contributed by atoms with Gasteiger partial charge in [-0.2, -0.15) is 0 Å². The molecular weight excluding hydrogens is 380 g/mol. The number of hydrogen-bond acceptors (Lipinski definition) is 4. The van der Waals surface area contributed by atoms with Crippen LogP contribution in [0, 0.1) is 6.92 Å². The molecule has 3 rings (SSSR count). The number of rotatable bonds is 5. The topological polar surface area (TPSA) is 66.9 Å². The van der Waals surface area contributed by atoms with Crippen LogP contribution in [-0.4, -0.2) is 16.1 Å². The van der Waals surface area contributed by atoms with Crippen LogP contribution in [0.15, 0.2) is 65.1 Å². The minimum Gasteiger partial charge on any atom is -0.365 e. The average molecular weight is 397 g/mol. The number of nitrogens with one attached hydrogen (secondary N) is 2. The largest absolute Gasteiger partial charge is 0.365 e. The van der Waals surface area contributed by atoms with Gasteiger partial charge in [0.15, 0.2) is 5.82 Å². The van der Waals surface area contributed by atoms with E-state index in [4.69, 9.17) is 0 Å². The Bertz CT molecular complexity index is 846. The van der Waals surface area contributed by atoms with Gasteiger partial charge in [0.2, 0.25) is 0 Å². The van der Waals surface area contributed by atoms with Gasteiger partial charge < -0.3 is 10.6 Å². The number of carbonyl (C=O) groups is 1. The van der Waals surface area contributed by atoms with Gasteiger partial charge in [0.25, 0.3) is 5.91 Å². The highest BCUT2D eigenvalue weighted by molar-refractivity contribution is 9.10. The molecule has 2 aromatic carbocycles. The summed E-state index contributed by atoms with van der Waals surface area (Å²) in [6, 6.07) is 18.9. The molecule has 1 aromatic heterocycles. The fourth-order valence-electron chi connectivity index (χ4n) is 2.18. The predicted molar refractivity (Wildman–Crippen MR) is 103 cm³/mol. The molecule has 25 heavy (non-hydrogen) atoms. The number of aromatic nitrogens is 2. The minimum atomic E-state index is -0.220. The maximum atomic E-state index is 12.1. The van der Waals surface area contributed by atoms with E-state index in [2.05, 4.69) is 68.0 Å². The van der Waals surface area contributed by atoms with Gasteiger partial charge in [-0.25, -0.2) is 0 Å². The summed E-state index contributed by atoms with van der Waals surface area (Å²) in [6.07, 6.45) is 0. The van der Waals surface area contributed by atoms with Crippen LogP contribution in [0.1, 0.15) is 21.5 Å². The van der Waals surface area contributed by atoms with Gasteiger partial charge in [-0.1, -0.05) is 45.8 Å². The standard InChI is InChI=1S/C19H17BrN4O/c1-13-2-4-14(5-3-13)12-21-17-10-11-18(24-23-17)22-19(25)15-6-8-16(20)9-7-15/h2-11H,12H2,1H3,(H,21,23)(H,22,24,25). The second-order valence-electron chi connectivity index (χ2n) is 5.60. The predicted octanol–water partition coefficient (Wildman–Crippen LogP) is 4.41. The van der Waals surface area contributed by atoms with Crippen LogP contribution in [0.5, 0.6) is 0 Å². The number of hydrogen-bond donors (Lipinski definition) is 2. The Kier molecular flexibility index (Phi) is 5.40. The third kappa shape index (κ3) is 4.87. The van der Waals surface area contributed by atoms with E-state index in [1.165, 1.54) is 11.1 Å². The van der Waals surface area contributed by atoms with E-state index in [1.807, 2.05) is 12.1 Å². The zero-order valence-electron chi connectivity index (χ0n) is 13.7. The Morgan fingerprint density at radius 1 is 0.920 bits per heavy atom. The third-order valence-corrected chi connectivity index (χ3v) is 4.14. The van der Waals surface area contributed by atoms with Gasteiger partial charge in [-0.05, 0) is 48.9 Å². The number of amides is 1. The van der Waals surface area contributed by atoms with Crippen LogP contribution in [0.2, 0.25) is 0 Å². The Hall–Kier alpha value is -2.73. The quantitative estimate of drug-likeness (QED) is 0.669. The number of halogens is 1. The molecule has 5 nitrogen and oxygen atoms in total. The van der Waals surface area contributed by atoms with Crippen molar-refractivity contribution < 1.29 is 4.79 Å². The Morgan fingerprint density at radius 3 is 2.20 bits per heavy atom. The molecule has 1 heterocycles. The van der Waals surface area contributed by atoms with Crippen molar-refractivity contribution in [2.45, 2.75) is 13.5 Å². The molecule has 0 saturated heterocycles. The molecule has 0 aliphatic rings. The summed E-state index contributed by atoms with van der Waals surface area (Å²) in [5.74, 6) is 0.846. The summed E-state index contributed by atoms with van der Waals surface area (Å²) < 4.78 is 0.924. The molecule has 0 aliphatic heterocycles. The molecule has 0 atom stereocenters.